The number of benzene rings is 2. The van der Waals surface area contributed by atoms with Gasteiger partial charge in [0, 0.05) is 28.6 Å². The first-order valence-electron chi connectivity index (χ1n) is 9.79. The lowest BCUT2D eigenvalue weighted by Gasteiger charge is -2.29. The van der Waals surface area contributed by atoms with Gasteiger partial charge in [-0.25, -0.2) is 0 Å². The fourth-order valence-corrected chi connectivity index (χ4v) is 4.11. The van der Waals surface area contributed by atoms with Gasteiger partial charge in [0.05, 0.1) is 5.71 Å². The molecule has 0 unspecified atom stereocenters. The lowest BCUT2D eigenvalue weighted by molar-refractivity contribution is 0.0993. The van der Waals surface area contributed by atoms with Crippen LogP contribution < -0.4 is 16.5 Å². The molecule has 0 radical (unpaired) electrons. The molecule has 1 aromatic heterocycles. The Hall–Kier alpha value is -3.19. The first kappa shape index (κ1) is 20.1. The molecule has 30 heavy (non-hydrogen) atoms. The number of fused-ring (bicyclic) bond motifs is 2. The molecule has 154 valence electrons. The molecule has 3 aromatic rings. The van der Waals surface area contributed by atoms with Crippen molar-refractivity contribution in [1.29, 1.82) is 0 Å². The van der Waals surface area contributed by atoms with Gasteiger partial charge in [-0.05, 0) is 42.4 Å². The maximum atomic E-state index is 13.1. The molecule has 1 heterocycles. The monoisotopic (exact) mass is 420 g/mol. The van der Waals surface area contributed by atoms with Gasteiger partial charge in [-0.15, -0.1) is 0 Å². The Morgan fingerprint density at radius 3 is 2.67 bits per heavy atom. The highest BCUT2D eigenvalue weighted by Gasteiger charge is 2.36. The number of hydrogen-bond donors (Lipinski definition) is 3. The average molecular weight is 421 g/mol. The first-order chi connectivity index (χ1) is 14.2. The second-order valence-electron chi connectivity index (χ2n) is 8.39. The molecule has 4 N–H and O–H groups in total. The second kappa shape index (κ2) is 7.57. The van der Waals surface area contributed by atoms with E-state index in [4.69, 9.17) is 22.4 Å². The van der Waals surface area contributed by atoms with Crippen LogP contribution in [0.5, 0.6) is 0 Å². The molecule has 4 rings (SSSR count). The zero-order chi connectivity index (χ0) is 21.5. The minimum Gasteiger partial charge on any atom is -0.455 e. The summed E-state index contributed by atoms with van der Waals surface area (Å²) in [7, 11) is 0. The number of carbonyl (C=O) groups is 1. The van der Waals surface area contributed by atoms with E-state index in [9.17, 15) is 4.79 Å². The Balaban J connectivity index is 1.71. The molecule has 6 nitrogen and oxygen atoms in total. The molecule has 0 aliphatic heterocycles. The van der Waals surface area contributed by atoms with E-state index in [1.54, 1.807) is 0 Å². The molecule has 0 bridgehead atoms. The third kappa shape index (κ3) is 3.80. The number of hydrogen-bond acceptors (Lipinski definition) is 4. The molecule has 1 aliphatic carbocycles. The maximum absolute atomic E-state index is 13.1. The van der Waals surface area contributed by atoms with E-state index >= 15 is 0 Å². The van der Waals surface area contributed by atoms with Crippen LogP contribution in [0.1, 0.15) is 47.7 Å². The highest BCUT2D eigenvalue weighted by molar-refractivity contribution is 7.80. The van der Waals surface area contributed by atoms with Gasteiger partial charge in [0.1, 0.15) is 5.76 Å². The Kier molecular flexibility index (Phi) is 5.07. The van der Waals surface area contributed by atoms with Gasteiger partial charge in [-0.3, -0.25) is 10.2 Å². The van der Waals surface area contributed by atoms with Crippen molar-refractivity contribution in [2.45, 2.75) is 33.6 Å². The number of carbonyl (C=O) groups excluding carboxylic acids is 1. The highest BCUT2D eigenvalue weighted by atomic mass is 32.1. The van der Waals surface area contributed by atoms with Crippen molar-refractivity contribution in [2.75, 3.05) is 5.32 Å². The van der Waals surface area contributed by atoms with Crippen LogP contribution >= 0.6 is 12.2 Å². The molecule has 0 atom stereocenters. The fraction of sp³-hybridized carbons (Fsp3) is 0.261. The summed E-state index contributed by atoms with van der Waals surface area (Å²) >= 11 is 4.88. The minimum absolute atomic E-state index is 0.0581. The maximum Gasteiger partial charge on any atom is 0.291 e. The molecule has 7 heteroatoms. The van der Waals surface area contributed by atoms with Crippen molar-refractivity contribution >= 4 is 45.4 Å². The number of hydrazone groups is 1. The Labute approximate surface area is 180 Å². The predicted molar refractivity (Wildman–Crippen MR) is 124 cm³/mol. The third-order valence-corrected chi connectivity index (χ3v) is 5.43. The summed E-state index contributed by atoms with van der Waals surface area (Å²) in [6.07, 6.45) is 1.44. The zero-order valence-electron chi connectivity index (χ0n) is 17.2. The van der Waals surface area contributed by atoms with Gasteiger partial charge >= 0.3 is 0 Å². The van der Waals surface area contributed by atoms with E-state index < -0.39 is 0 Å². The summed E-state index contributed by atoms with van der Waals surface area (Å²) in [6, 6.07) is 13.8. The van der Waals surface area contributed by atoms with E-state index in [-0.39, 0.29) is 16.4 Å². The summed E-state index contributed by atoms with van der Waals surface area (Å²) in [4.78, 5) is 13.1. The largest absolute Gasteiger partial charge is 0.455 e. The Bertz CT molecular complexity index is 1190. The summed E-state index contributed by atoms with van der Waals surface area (Å²) in [5, 5.41) is 9.53. The molecule has 0 saturated heterocycles. The number of rotatable bonds is 3. The Morgan fingerprint density at radius 2 is 1.90 bits per heavy atom. The van der Waals surface area contributed by atoms with Gasteiger partial charge in [0.2, 0.25) is 0 Å². The van der Waals surface area contributed by atoms with Crippen LogP contribution in [-0.4, -0.2) is 16.7 Å². The molecule has 0 saturated carbocycles. The molecule has 0 spiro atoms. The van der Waals surface area contributed by atoms with Gasteiger partial charge in [0.15, 0.2) is 10.9 Å². The van der Waals surface area contributed by atoms with Crippen LogP contribution in [0, 0.1) is 12.3 Å². The number of nitrogens with two attached hydrogens (primary N) is 1. The SMILES string of the molecule is Cc1c(C(=O)Nc2cccc3ccccc23)oc2c1/C(=N\NC(N)=S)CC(C)(C)C2. The number of amides is 1. The van der Waals surface area contributed by atoms with Gasteiger partial charge in [-0.1, -0.05) is 50.2 Å². The smallest absolute Gasteiger partial charge is 0.291 e. The summed E-state index contributed by atoms with van der Waals surface area (Å²) < 4.78 is 6.07. The van der Waals surface area contributed by atoms with Crippen LogP contribution in [0.25, 0.3) is 10.8 Å². The minimum atomic E-state index is -0.280. The number of thiocarbonyl (C=S) groups is 1. The van der Waals surface area contributed by atoms with Crippen LogP contribution in [0.15, 0.2) is 52.0 Å². The van der Waals surface area contributed by atoms with Crippen molar-refractivity contribution in [3.05, 3.63) is 65.1 Å². The highest BCUT2D eigenvalue weighted by Crippen LogP contribution is 2.39. The summed E-state index contributed by atoms with van der Waals surface area (Å²) in [6.45, 7) is 6.16. The van der Waals surface area contributed by atoms with Crippen molar-refractivity contribution in [1.82, 2.24) is 5.43 Å². The van der Waals surface area contributed by atoms with Gasteiger partial charge < -0.3 is 15.5 Å². The number of nitrogens with zero attached hydrogens (tertiary/aromatic N) is 1. The first-order valence-corrected chi connectivity index (χ1v) is 10.2. The molecule has 1 aliphatic rings. The van der Waals surface area contributed by atoms with Gasteiger partial charge in [-0.2, -0.15) is 5.10 Å². The fourth-order valence-electron chi connectivity index (χ4n) is 4.06. The van der Waals surface area contributed by atoms with Crippen molar-refractivity contribution in [3.8, 4) is 0 Å². The normalized spacial score (nSPS) is 16.3. The van der Waals surface area contributed by atoms with E-state index in [1.807, 2.05) is 49.4 Å². The predicted octanol–water partition coefficient (Wildman–Crippen LogP) is 4.50. The molecular formula is C23H24N4O2S. The van der Waals surface area contributed by atoms with E-state index in [0.717, 1.165) is 51.9 Å². The average Bonchev–Trinajstić information content (AvgIpc) is 3.01. The van der Waals surface area contributed by atoms with Crippen molar-refractivity contribution < 1.29 is 9.21 Å². The zero-order valence-corrected chi connectivity index (χ0v) is 18.0. The number of furan rings is 1. The quantitative estimate of drug-likeness (QED) is 0.428. The van der Waals surface area contributed by atoms with Crippen LogP contribution in [0.4, 0.5) is 5.69 Å². The topological polar surface area (TPSA) is 92.6 Å². The van der Waals surface area contributed by atoms with Crippen LogP contribution in [-0.2, 0) is 6.42 Å². The molecule has 0 fully saturated rings. The van der Waals surface area contributed by atoms with Crippen LogP contribution in [0.2, 0.25) is 0 Å². The number of anilines is 1. The van der Waals surface area contributed by atoms with E-state index in [2.05, 4.69) is 29.7 Å². The number of nitrogens with one attached hydrogen (secondary N) is 2. The molecule has 2 aromatic carbocycles. The summed E-state index contributed by atoms with van der Waals surface area (Å²) in [5.41, 5.74) is 11.3. The lowest BCUT2D eigenvalue weighted by atomic mass is 9.75. The van der Waals surface area contributed by atoms with E-state index in [1.165, 1.54) is 0 Å². The lowest BCUT2D eigenvalue weighted by Crippen LogP contribution is -2.31. The van der Waals surface area contributed by atoms with E-state index in [0.29, 0.717) is 5.76 Å². The van der Waals surface area contributed by atoms with Crippen LogP contribution in [0.3, 0.4) is 0 Å². The second-order valence-corrected chi connectivity index (χ2v) is 8.83. The molecular weight excluding hydrogens is 396 g/mol. The van der Waals surface area contributed by atoms with Gasteiger partial charge in [0.25, 0.3) is 5.91 Å². The Morgan fingerprint density at radius 1 is 1.17 bits per heavy atom. The third-order valence-electron chi connectivity index (χ3n) is 5.34. The van der Waals surface area contributed by atoms with Crippen molar-refractivity contribution in [2.24, 2.45) is 16.3 Å². The summed E-state index contributed by atoms with van der Waals surface area (Å²) in [5.74, 6) is 0.779. The van der Waals surface area contributed by atoms with Crippen molar-refractivity contribution in [3.63, 3.8) is 0 Å². The standard InChI is InChI=1S/C23H24N4O2S/c1-13-19-17(26-27-22(24)30)11-23(2,3)12-18(19)29-20(13)21(28)25-16-10-6-8-14-7-4-5-9-15(14)16/h4-10H,11-12H2,1-3H3,(H,25,28)(H3,24,27,30)/b26-17-. The molecule has 1 amide bonds.